The van der Waals surface area contributed by atoms with Crippen molar-refractivity contribution in [3.05, 3.63) is 52.6 Å². The van der Waals surface area contributed by atoms with E-state index in [1.165, 1.54) is 28.0 Å². The van der Waals surface area contributed by atoms with Crippen LogP contribution in [0.3, 0.4) is 0 Å². The van der Waals surface area contributed by atoms with Crippen LogP contribution in [0.1, 0.15) is 130 Å². The molecule has 1 aromatic carbocycles. The maximum atomic E-state index is 12.7. The predicted molar refractivity (Wildman–Crippen MR) is 170 cm³/mol. The molecule has 1 aromatic rings. The van der Waals surface area contributed by atoms with Crippen molar-refractivity contribution in [3.8, 4) is 0 Å². The minimum Gasteiger partial charge on any atom is -0.396 e. The molecule has 4 nitrogen and oxygen atoms in total. The first-order valence-corrected chi connectivity index (χ1v) is 16.1. The Kier molecular flexibility index (Phi) is 14.4. The molecule has 1 N–H and O–H groups in total. The lowest BCUT2D eigenvalue weighted by Gasteiger charge is -2.39. The van der Waals surface area contributed by atoms with Crippen LogP contribution in [0.15, 0.2) is 47.1 Å². The minimum absolute atomic E-state index is 0.0587. The van der Waals surface area contributed by atoms with Crippen molar-refractivity contribution in [2.45, 2.75) is 125 Å². The van der Waals surface area contributed by atoms with E-state index < -0.39 is 0 Å². The molecule has 2 atom stereocenters. The first-order chi connectivity index (χ1) is 19.2. The molecule has 0 heterocycles. The van der Waals surface area contributed by atoms with Crippen LogP contribution in [0.2, 0.25) is 0 Å². The quantitative estimate of drug-likeness (QED) is 0.221. The standard InChI is InChI=1S/C34H51NO3.C2H6/c1-6-12-33(25(2)37)34(3,4)24-32(31-14-11-13-27-23-29(38)19-20-30(27)31)26-15-17-28(18-16-26)35(5)21-9-7-8-10-22-36;1-2/h15-18,23,32-33,36H,6-14,19-22,24H2,1-5H3;1-2H3. The van der Waals surface area contributed by atoms with Crippen molar-refractivity contribution in [2.75, 3.05) is 25.1 Å². The molecule has 3 rings (SSSR count). The summed E-state index contributed by atoms with van der Waals surface area (Å²) in [7, 11) is 2.16. The predicted octanol–water partition coefficient (Wildman–Crippen LogP) is 8.98. The second-order valence-corrected chi connectivity index (χ2v) is 12.3. The number of aliphatic hydroxyl groups is 1. The van der Waals surface area contributed by atoms with Gasteiger partial charge in [-0.05, 0) is 98.6 Å². The van der Waals surface area contributed by atoms with Crippen molar-refractivity contribution in [1.82, 2.24) is 0 Å². The van der Waals surface area contributed by atoms with Crippen LogP contribution < -0.4 is 4.90 Å². The molecule has 4 heteroatoms. The highest BCUT2D eigenvalue weighted by atomic mass is 16.3. The van der Waals surface area contributed by atoms with Crippen molar-refractivity contribution in [3.63, 3.8) is 0 Å². The van der Waals surface area contributed by atoms with Gasteiger partial charge in [-0.2, -0.15) is 0 Å². The molecular formula is C36H57NO3. The number of carbonyl (C=O) groups excluding carboxylic acids is 2. The van der Waals surface area contributed by atoms with E-state index in [0.717, 1.165) is 77.2 Å². The van der Waals surface area contributed by atoms with Gasteiger partial charge < -0.3 is 10.0 Å². The summed E-state index contributed by atoms with van der Waals surface area (Å²) >= 11 is 0. The third-order valence-electron chi connectivity index (χ3n) is 8.92. The van der Waals surface area contributed by atoms with Gasteiger partial charge in [-0.3, -0.25) is 9.59 Å². The van der Waals surface area contributed by atoms with Gasteiger partial charge in [0.25, 0.3) is 0 Å². The fraction of sp³-hybridized carbons (Fsp3) is 0.667. The average molecular weight is 552 g/mol. The minimum atomic E-state index is -0.115. The van der Waals surface area contributed by atoms with Crippen LogP contribution in [0.5, 0.6) is 0 Å². The number of aliphatic hydroxyl groups excluding tert-OH is 1. The topological polar surface area (TPSA) is 57.6 Å². The fourth-order valence-corrected chi connectivity index (χ4v) is 6.81. The van der Waals surface area contributed by atoms with E-state index in [4.69, 9.17) is 5.11 Å². The monoisotopic (exact) mass is 551 g/mol. The molecule has 0 saturated carbocycles. The van der Waals surface area contributed by atoms with E-state index >= 15 is 0 Å². The molecule has 0 bridgehead atoms. The number of benzene rings is 1. The van der Waals surface area contributed by atoms with Crippen LogP contribution >= 0.6 is 0 Å². The highest BCUT2D eigenvalue weighted by molar-refractivity contribution is 5.93. The molecule has 0 aliphatic heterocycles. The Hall–Kier alpha value is -2.20. The zero-order chi connectivity index (χ0) is 29.7. The van der Waals surface area contributed by atoms with Crippen molar-refractivity contribution >= 4 is 17.3 Å². The van der Waals surface area contributed by atoms with E-state index in [2.05, 4.69) is 57.0 Å². The first kappa shape index (κ1) is 34.0. The lowest BCUT2D eigenvalue weighted by atomic mass is 9.65. The molecule has 224 valence electrons. The number of allylic oxidation sites excluding steroid dienone is 4. The van der Waals surface area contributed by atoms with Crippen molar-refractivity contribution < 1.29 is 14.7 Å². The summed E-state index contributed by atoms with van der Waals surface area (Å²) in [6.07, 6.45) is 13.7. The van der Waals surface area contributed by atoms with E-state index in [1.54, 1.807) is 6.92 Å². The van der Waals surface area contributed by atoms with Gasteiger partial charge in [0.2, 0.25) is 0 Å². The lowest BCUT2D eigenvalue weighted by Crippen LogP contribution is -2.32. The van der Waals surface area contributed by atoms with Crippen LogP contribution in [-0.4, -0.2) is 36.9 Å². The zero-order valence-electron chi connectivity index (χ0n) is 26.7. The molecule has 0 radical (unpaired) electrons. The molecular weight excluding hydrogens is 494 g/mol. The van der Waals surface area contributed by atoms with Gasteiger partial charge >= 0.3 is 0 Å². The third kappa shape index (κ3) is 9.43. The second kappa shape index (κ2) is 16.9. The Labute approximate surface area is 245 Å². The van der Waals surface area contributed by atoms with E-state index in [0.29, 0.717) is 12.2 Å². The van der Waals surface area contributed by atoms with Gasteiger partial charge in [-0.1, -0.05) is 71.6 Å². The van der Waals surface area contributed by atoms with Gasteiger partial charge in [0.1, 0.15) is 5.78 Å². The lowest BCUT2D eigenvalue weighted by molar-refractivity contribution is -0.124. The molecule has 0 spiro atoms. The Morgan fingerprint density at radius 1 is 1.00 bits per heavy atom. The van der Waals surface area contributed by atoms with Crippen LogP contribution in [0.25, 0.3) is 0 Å². The molecule has 2 aliphatic rings. The van der Waals surface area contributed by atoms with Crippen LogP contribution in [0.4, 0.5) is 5.69 Å². The molecule has 2 unspecified atom stereocenters. The number of nitrogens with zero attached hydrogens (tertiary/aromatic N) is 1. The number of carbonyl (C=O) groups is 2. The summed E-state index contributed by atoms with van der Waals surface area (Å²) in [5.41, 5.74) is 6.64. The normalized spacial score (nSPS) is 16.9. The van der Waals surface area contributed by atoms with E-state index in [-0.39, 0.29) is 29.6 Å². The number of fused-ring (bicyclic) bond motifs is 1. The Morgan fingerprint density at radius 3 is 2.30 bits per heavy atom. The molecule has 0 amide bonds. The Bertz CT molecular complexity index is 1000. The fourth-order valence-electron chi connectivity index (χ4n) is 6.81. The van der Waals surface area contributed by atoms with E-state index in [1.807, 2.05) is 19.9 Å². The maximum absolute atomic E-state index is 12.7. The highest BCUT2D eigenvalue weighted by Crippen LogP contribution is 2.48. The number of ketones is 2. The Balaban J connectivity index is 0.00000274. The van der Waals surface area contributed by atoms with Gasteiger partial charge in [-0.25, -0.2) is 0 Å². The largest absolute Gasteiger partial charge is 0.396 e. The number of rotatable bonds is 15. The van der Waals surface area contributed by atoms with Gasteiger partial charge in [-0.15, -0.1) is 0 Å². The zero-order valence-corrected chi connectivity index (χ0v) is 26.7. The summed E-state index contributed by atoms with van der Waals surface area (Å²) < 4.78 is 0. The first-order valence-electron chi connectivity index (χ1n) is 16.1. The SMILES string of the molecule is CC.CCCC(C(C)=O)C(C)(C)CC(C1=C2CCC(=O)C=C2CCC1)c1ccc(N(C)CCCCCCO)cc1. The van der Waals surface area contributed by atoms with E-state index in [9.17, 15) is 9.59 Å². The van der Waals surface area contributed by atoms with Crippen molar-refractivity contribution in [2.24, 2.45) is 11.3 Å². The highest BCUT2D eigenvalue weighted by Gasteiger charge is 2.37. The van der Waals surface area contributed by atoms with Crippen molar-refractivity contribution in [1.29, 1.82) is 0 Å². The average Bonchev–Trinajstić information content (AvgIpc) is 2.95. The summed E-state index contributed by atoms with van der Waals surface area (Å²) in [6.45, 7) is 13.8. The number of hydrogen-bond acceptors (Lipinski definition) is 4. The van der Waals surface area contributed by atoms with Gasteiger partial charge in [0, 0.05) is 44.1 Å². The summed E-state index contributed by atoms with van der Waals surface area (Å²) in [6, 6.07) is 9.13. The van der Waals surface area contributed by atoms with Gasteiger partial charge in [0.15, 0.2) is 5.78 Å². The number of anilines is 1. The molecule has 0 fully saturated rings. The number of unbranched alkanes of at least 4 members (excludes halogenated alkanes) is 3. The van der Waals surface area contributed by atoms with Crippen LogP contribution in [0, 0.1) is 11.3 Å². The summed E-state index contributed by atoms with van der Waals surface area (Å²) in [4.78, 5) is 27.3. The Morgan fingerprint density at radius 2 is 1.68 bits per heavy atom. The molecule has 0 saturated heterocycles. The summed E-state index contributed by atoms with van der Waals surface area (Å²) in [5, 5.41) is 9.00. The second-order valence-electron chi connectivity index (χ2n) is 12.3. The molecule has 2 aliphatic carbocycles. The summed E-state index contributed by atoms with van der Waals surface area (Å²) in [5.74, 6) is 0.888. The number of hydrogen-bond donors (Lipinski definition) is 1. The smallest absolute Gasteiger partial charge is 0.156 e. The number of Topliss-reactive ketones (excluding diaryl/α,β-unsaturated/α-hetero) is 1. The van der Waals surface area contributed by atoms with Gasteiger partial charge in [0.05, 0.1) is 0 Å². The maximum Gasteiger partial charge on any atom is 0.156 e. The third-order valence-corrected chi connectivity index (χ3v) is 8.92. The molecule has 0 aromatic heterocycles. The molecule has 40 heavy (non-hydrogen) atoms. The van der Waals surface area contributed by atoms with Crippen LogP contribution in [-0.2, 0) is 9.59 Å².